The molecule has 0 amide bonds. The molecule has 0 aliphatic carbocycles. The van der Waals surface area contributed by atoms with Crippen LogP contribution in [0.5, 0.6) is 0 Å². The third-order valence-electron chi connectivity index (χ3n) is 4.38. The topological polar surface area (TPSA) is 65.9 Å². The fourth-order valence-corrected chi connectivity index (χ4v) is 3.30. The molecule has 1 unspecified atom stereocenters. The van der Waals surface area contributed by atoms with Crippen molar-refractivity contribution in [3.8, 4) is 0 Å². The molecule has 1 fully saturated rings. The van der Waals surface area contributed by atoms with E-state index in [-0.39, 0.29) is 17.4 Å². The minimum Gasteiger partial charge on any atom is -0.396 e. The summed E-state index contributed by atoms with van der Waals surface area (Å²) in [6.07, 6.45) is 2.95. The number of rotatable bonds is 8. The van der Waals surface area contributed by atoms with E-state index in [1.54, 1.807) is 7.05 Å². The SMILES string of the molecule is CN=C(NCC(C)(C)CC(C)C)NCC1(CCO)CCOC1. The maximum atomic E-state index is 9.28. The van der Waals surface area contributed by atoms with Gasteiger partial charge in [-0.2, -0.15) is 0 Å². The summed E-state index contributed by atoms with van der Waals surface area (Å²) in [6.45, 7) is 12.5. The summed E-state index contributed by atoms with van der Waals surface area (Å²) >= 11 is 0. The summed E-state index contributed by atoms with van der Waals surface area (Å²) < 4.78 is 5.53. The molecule has 130 valence electrons. The van der Waals surface area contributed by atoms with E-state index in [1.807, 2.05) is 0 Å². The van der Waals surface area contributed by atoms with Gasteiger partial charge < -0.3 is 20.5 Å². The van der Waals surface area contributed by atoms with Crippen LogP contribution in [0.1, 0.15) is 47.0 Å². The zero-order chi connectivity index (χ0) is 16.6. The fraction of sp³-hybridized carbons (Fsp3) is 0.941. The average Bonchev–Trinajstić information content (AvgIpc) is 2.87. The van der Waals surface area contributed by atoms with Crippen molar-refractivity contribution in [2.75, 3.05) is 40.0 Å². The summed E-state index contributed by atoms with van der Waals surface area (Å²) in [4.78, 5) is 4.31. The zero-order valence-electron chi connectivity index (χ0n) is 15.0. The summed E-state index contributed by atoms with van der Waals surface area (Å²) in [5, 5.41) is 16.1. The molecule has 1 saturated heterocycles. The maximum absolute atomic E-state index is 9.28. The molecule has 0 aromatic carbocycles. The van der Waals surface area contributed by atoms with Gasteiger partial charge in [0.25, 0.3) is 0 Å². The molecule has 3 N–H and O–H groups in total. The predicted molar refractivity (Wildman–Crippen MR) is 92.2 cm³/mol. The van der Waals surface area contributed by atoms with E-state index >= 15 is 0 Å². The number of ether oxygens (including phenoxy) is 1. The summed E-state index contributed by atoms with van der Waals surface area (Å²) in [5.41, 5.74) is 0.283. The van der Waals surface area contributed by atoms with Crippen LogP contribution in [0.2, 0.25) is 0 Å². The first-order valence-electron chi connectivity index (χ1n) is 8.46. The van der Waals surface area contributed by atoms with Gasteiger partial charge in [0.05, 0.1) is 6.61 Å². The zero-order valence-corrected chi connectivity index (χ0v) is 15.0. The van der Waals surface area contributed by atoms with Crippen molar-refractivity contribution in [3.63, 3.8) is 0 Å². The molecule has 0 bridgehead atoms. The average molecular weight is 313 g/mol. The Kier molecular flexibility index (Phi) is 7.63. The molecular formula is C17H35N3O2. The first kappa shape index (κ1) is 19.2. The van der Waals surface area contributed by atoms with Gasteiger partial charge in [-0.15, -0.1) is 0 Å². The lowest BCUT2D eigenvalue weighted by Gasteiger charge is -2.30. The van der Waals surface area contributed by atoms with Crippen LogP contribution in [0.4, 0.5) is 0 Å². The quantitative estimate of drug-likeness (QED) is 0.474. The molecule has 5 heteroatoms. The van der Waals surface area contributed by atoms with E-state index in [0.717, 1.165) is 45.1 Å². The van der Waals surface area contributed by atoms with Gasteiger partial charge in [0, 0.05) is 38.8 Å². The number of hydrogen-bond donors (Lipinski definition) is 3. The van der Waals surface area contributed by atoms with Crippen LogP contribution >= 0.6 is 0 Å². The first-order valence-corrected chi connectivity index (χ1v) is 8.46. The Labute approximate surface area is 135 Å². The molecule has 22 heavy (non-hydrogen) atoms. The molecule has 1 heterocycles. The highest BCUT2D eigenvalue weighted by Gasteiger charge is 2.34. The van der Waals surface area contributed by atoms with Crippen LogP contribution in [-0.2, 0) is 4.74 Å². The van der Waals surface area contributed by atoms with Crippen molar-refractivity contribution >= 4 is 5.96 Å². The Bertz CT molecular complexity index is 348. The summed E-state index contributed by atoms with van der Waals surface area (Å²) in [6, 6.07) is 0. The molecule has 0 saturated carbocycles. The molecule has 0 aromatic heterocycles. The number of nitrogens with one attached hydrogen (secondary N) is 2. The monoisotopic (exact) mass is 313 g/mol. The molecular weight excluding hydrogens is 278 g/mol. The number of hydrogen-bond acceptors (Lipinski definition) is 3. The molecule has 1 aliphatic heterocycles. The number of aliphatic imine (C=N–C) groups is 1. The van der Waals surface area contributed by atoms with Gasteiger partial charge in [-0.3, -0.25) is 4.99 Å². The molecule has 0 aromatic rings. The van der Waals surface area contributed by atoms with Gasteiger partial charge in [0.15, 0.2) is 5.96 Å². The van der Waals surface area contributed by atoms with Gasteiger partial charge in [-0.25, -0.2) is 0 Å². The highest BCUT2D eigenvalue weighted by Crippen LogP contribution is 2.31. The lowest BCUT2D eigenvalue weighted by atomic mass is 9.83. The second-order valence-electron chi connectivity index (χ2n) is 7.82. The standard InChI is InChI=1S/C17H35N3O2/c1-14(2)10-16(3,4)11-19-15(18-5)20-12-17(6-8-21)7-9-22-13-17/h14,21H,6-13H2,1-5H3,(H2,18,19,20). The maximum Gasteiger partial charge on any atom is 0.191 e. The lowest BCUT2D eigenvalue weighted by molar-refractivity contribution is 0.127. The van der Waals surface area contributed by atoms with Crippen molar-refractivity contribution in [1.29, 1.82) is 0 Å². The van der Waals surface area contributed by atoms with Crippen molar-refractivity contribution in [3.05, 3.63) is 0 Å². The normalized spacial score (nSPS) is 23.1. The first-order chi connectivity index (χ1) is 10.3. The van der Waals surface area contributed by atoms with Gasteiger partial charge in [-0.1, -0.05) is 27.7 Å². The van der Waals surface area contributed by atoms with Crippen molar-refractivity contribution in [2.24, 2.45) is 21.7 Å². The minimum absolute atomic E-state index is 0.0415. The van der Waals surface area contributed by atoms with Crippen LogP contribution < -0.4 is 10.6 Å². The van der Waals surface area contributed by atoms with E-state index in [0.29, 0.717) is 5.92 Å². The van der Waals surface area contributed by atoms with Crippen molar-refractivity contribution in [2.45, 2.75) is 47.0 Å². The third kappa shape index (κ3) is 6.53. The Morgan fingerprint density at radius 2 is 2.09 bits per heavy atom. The van der Waals surface area contributed by atoms with Crippen LogP contribution in [0, 0.1) is 16.7 Å². The second-order valence-corrected chi connectivity index (χ2v) is 7.82. The molecule has 0 spiro atoms. The van der Waals surface area contributed by atoms with E-state index in [1.165, 1.54) is 6.42 Å². The molecule has 1 aliphatic rings. The fourth-order valence-electron chi connectivity index (χ4n) is 3.30. The van der Waals surface area contributed by atoms with E-state index < -0.39 is 0 Å². The number of aliphatic hydroxyl groups is 1. The van der Waals surface area contributed by atoms with E-state index in [9.17, 15) is 5.11 Å². The van der Waals surface area contributed by atoms with Crippen LogP contribution in [0.25, 0.3) is 0 Å². The molecule has 0 radical (unpaired) electrons. The van der Waals surface area contributed by atoms with Crippen LogP contribution in [-0.4, -0.2) is 51.0 Å². The number of guanidine groups is 1. The van der Waals surface area contributed by atoms with Gasteiger partial charge in [-0.05, 0) is 30.6 Å². The van der Waals surface area contributed by atoms with Gasteiger partial charge in [0.2, 0.25) is 0 Å². The molecule has 5 nitrogen and oxygen atoms in total. The second kappa shape index (κ2) is 8.73. The van der Waals surface area contributed by atoms with Crippen LogP contribution in [0.3, 0.4) is 0 Å². The van der Waals surface area contributed by atoms with Crippen molar-refractivity contribution < 1.29 is 9.84 Å². The predicted octanol–water partition coefficient (Wildman–Crippen LogP) is 2.01. The smallest absolute Gasteiger partial charge is 0.191 e. The minimum atomic E-state index is 0.0415. The van der Waals surface area contributed by atoms with Gasteiger partial charge in [0.1, 0.15) is 0 Å². The summed E-state index contributed by atoms with van der Waals surface area (Å²) in [5.74, 6) is 1.52. The van der Waals surface area contributed by atoms with Gasteiger partial charge >= 0.3 is 0 Å². The highest BCUT2D eigenvalue weighted by molar-refractivity contribution is 5.79. The number of aliphatic hydroxyl groups excluding tert-OH is 1. The third-order valence-corrected chi connectivity index (χ3v) is 4.38. The lowest BCUT2D eigenvalue weighted by Crippen LogP contribution is -2.46. The largest absolute Gasteiger partial charge is 0.396 e. The van der Waals surface area contributed by atoms with E-state index in [4.69, 9.17) is 4.74 Å². The van der Waals surface area contributed by atoms with Crippen LogP contribution in [0.15, 0.2) is 4.99 Å². The van der Waals surface area contributed by atoms with E-state index in [2.05, 4.69) is 43.3 Å². The summed E-state index contributed by atoms with van der Waals surface area (Å²) in [7, 11) is 1.80. The molecule has 1 rings (SSSR count). The Balaban J connectivity index is 2.45. The number of nitrogens with zero attached hydrogens (tertiary/aromatic N) is 1. The highest BCUT2D eigenvalue weighted by atomic mass is 16.5. The molecule has 1 atom stereocenters. The Hall–Kier alpha value is -0.810. The Morgan fingerprint density at radius 3 is 2.59 bits per heavy atom. The Morgan fingerprint density at radius 1 is 1.36 bits per heavy atom. The van der Waals surface area contributed by atoms with Crippen molar-refractivity contribution in [1.82, 2.24) is 10.6 Å².